The fraction of sp³-hybridized carbons (Fsp3) is 0.389. The molecule has 1 fully saturated rings. The summed E-state index contributed by atoms with van der Waals surface area (Å²) in [6, 6.07) is 9.92. The second kappa shape index (κ2) is 8.00. The van der Waals surface area contributed by atoms with Crippen LogP contribution in [0, 0.1) is 0 Å². The number of nitrogens with zero attached hydrogens (tertiary/aromatic N) is 2. The Morgan fingerprint density at radius 2 is 2.13 bits per heavy atom. The molecule has 3 nitrogen and oxygen atoms in total. The summed E-state index contributed by atoms with van der Waals surface area (Å²) in [6.07, 6.45) is 7.47. The lowest BCUT2D eigenvalue weighted by Gasteiger charge is -2.35. The topological polar surface area (TPSA) is 25.4 Å². The van der Waals surface area contributed by atoms with Gasteiger partial charge in [0.15, 0.2) is 0 Å². The van der Waals surface area contributed by atoms with Gasteiger partial charge in [-0.2, -0.15) is 0 Å². The Labute approximate surface area is 147 Å². The predicted octanol–water partition coefficient (Wildman–Crippen LogP) is 4.99. The predicted molar refractivity (Wildman–Crippen MR) is 94.4 cm³/mol. The summed E-state index contributed by atoms with van der Waals surface area (Å²) in [5, 5.41) is 1.18. The van der Waals surface area contributed by atoms with Gasteiger partial charge in [0, 0.05) is 30.0 Å². The van der Waals surface area contributed by atoms with Crippen LogP contribution in [0.3, 0.4) is 0 Å². The van der Waals surface area contributed by atoms with Crippen LogP contribution in [-0.2, 0) is 0 Å². The number of ether oxygens (including phenoxy) is 1. The number of benzene rings is 1. The molecule has 0 bridgehead atoms. The molecular formula is C18H20Cl2N2O. The first-order chi connectivity index (χ1) is 11.2. The van der Waals surface area contributed by atoms with Gasteiger partial charge in [0.1, 0.15) is 12.4 Å². The van der Waals surface area contributed by atoms with Crippen molar-refractivity contribution in [2.75, 3.05) is 19.7 Å². The first-order valence-electron chi connectivity index (χ1n) is 7.96. The molecule has 0 spiro atoms. The zero-order valence-electron chi connectivity index (χ0n) is 12.9. The summed E-state index contributed by atoms with van der Waals surface area (Å²) in [5.74, 6) is 0.686. The molecule has 122 valence electrons. The van der Waals surface area contributed by atoms with Crippen molar-refractivity contribution in [3.63, 3.8) is 0 Å². The van der Waals surface area contributed by atoms with Crippen LogP contribution in [0.4, 0.5) is 0 Å². The number of rotatable bonds is 5. The Morgan fingerprint density at radius 3 is 2.91 bits per heavy atom. The minimum atomic E-state index is 0.432. The molecule has 0 N–H and O–H groups in total. The maximum absolute atomic E-state index is 6.14. The van der Waals surface area contributed by atoms with Gasteiger partial charge in [-0.05, 0) is 49.2 Å². The van der Waals surface area contributed by atoms with E-state index in [2.05, 4.69) is 16.0 Å². The van der Waals surface area contributed by atoms with Crippen LogP contribution in [0.5, 0.6) is 5.75 Å². The lowest BCUT2D eigenvalue weighted by molar-refractivity contribution is 0.123. The van der Waals surface area contributed by atoms with E-state index in [1.807, 2.05) is 24.5 Å². The van der Waals surface area contributed by atoms with Crippen molar-refractivity contribution in [1.82, 2.24) is 9.88 Å². The Balaban J connectivity index is 1.59. The Kier molecular flexibility index (Phi) is 5.76. The van der Waals surface area contributed by atoms with E-state index in [4.69, 9.17) is 27.9 Å². The number of hydrogen-bond donors (Lipinski definition) is 0. The summed E-state index contributed by atoms with van der Waals surface area (Å²) in [6.45, 7) is 2.58. The van der Waals surface area contributed by atoms with Crippen LogP contribution in [0.1, 0.15) is 30.9 Å². The number of likely N-dealkylation sites (tertiary alicyclic amines) is 1. The van der Waals surface area contributed by atoms with Crippen molar-refractivity contribution in [3.05, 3.63) is 58.3 Å². The van der Waals surface area contributed by atoms with Gasteiger partial charge < -0.3 is 4.74 Å². The van der Waals surface area contributed by atoms with Crippen molar-refractivity contribution in [1.29, 1.82) is 0 Å². The number of piperidine rings is 1. The Morgan fingerprint density at radius 1 is 1.22 bits per heavy atom. The van der Waals surface area contributed by atoms with Crippen LogP contribution in [0.25, 0.3) is 0 Å². The van der Waals surface area contributed by atoms with E-state index in [0.29, 0.717) is 28.4 Å². The molecule has 5 heteroatoms. The Hall–Kier alpha value is -1.29. The van der Waals surface area contributed by atoms with Gasteiger partial charge in [-0.25, -0.2) is 0 Å². The van der Waals surface area contributed by atoms with Crippen LogP contribution in [0.15, 0.2) is 42.7 Å². The fourth-order valence-corrected chi connectivity index (χ4v) is 3.54. The molecule has 1 aromatic heterocycles. The van der Waals surface area contributed by atoms with Crippen LogP contribution in [-0.4, -0.2) is 29.6 Å². The van der Waals surface area contributed by atoms with Crippen molar-refractivity contribution in [2.24, 2.45) is 0 Å². The SMILES string of the molecule is Clc1ccc(OCCN2CCCC[C@H]2c2cccnc2)c(Cl)c1. The molecule has 1 saturated heterocycles. The molecule has 0 saturated carbocycles. The van der Waals surface area contributed by atoms with Gasteiger partial charge in [-0.1, -0.05) is 35.7 Å². The number of hydrogen-bond acceptors (Lipinski definition) is 3. The molecular weight excluding hydrogens is 331 g/mol. The quantitative estimate of drug-likeness (QED) is 0.758. The zero-order chi connectivity index (χ0) is 16.1. The number of aromatic nitrogens is 1. The van der Waals surface area contributed by atoms with E-state index in [1.165, 1.54) is 24.8 Å². The monoisotopic (exact) mass is 350 g/mol. The van der Waals surface area contributed by atoms with E-state index < -0.39 is 0 Å². The minimum absolute atomic E-state index is 0.432. The van der Waals surface area contributed by atoms with Crippen molar-refractivity contribution < 1.29 is 4.74 Å². The molecule has 0 unspecified atom stereocenters. The van der Waals surface area contributed by atoms with Gasteiger partial charge in [-0.3, -0.25) is 9.88 Å². The summed E-state index contributed by atoms with van der Waals surface area (Å²) >= 11 is 12.0. The molecule has 1 aliphatic heterocycles. The third-order valence-electron chi connectivity index (χ3n) is 4.21. The Bertz CT molecular complexity index is 636. The summed E-state index contributed by atoms with van der Waals surface area (Å²) in [4.78, 5) is 6.73. The van der Waals surface area contributed by atoms with E-state index in [-0.39, 0.29) is 0 Å². The smallest absolute Gasteiger partial charge is 0.138 e. The number of halogens is 2. The van der Waals surface area contributed by atoms with Gasteiger partial charge in [0.05, 0.1) is 5.02 Å². The van der Waals surface area contributed by atoms with Gasteiger partial charge in [-0.15, -0.1) is 0 Å². The highest BCUT2D eigenvalue weighted by Crippen LogP contribution is 2.31. The maximum atomic E-state index is 6.14. The minimum Gasteiger partial charge on any atom is -0.491 e. The largest absolute Gasteiger partial charge is 0.491 e. The molecule has 2 aromatic rings. The molecule has 1 atom stereocenters. The highest BCUT2D eigenvalue weighted by Gasteiger charge is 2.23. The molecule has 1 aromatic carbocycles. The molecule has 2 heterocycles. The average Bonchev–Trinajstić information content (AvgIpc) is 2.58. The summed E-state index contributed by atoms with van der Waals surface area (Å²) < 4.78 is 5.83. The maximum Gasteiger partial charge on any atom is 0.138 e. The standard InChI is InChI=1S/C18H20Cl2N2O/c19-15-6-7-18(16(20)12-15)23-11-10-22-9-2-1-5-17(22)14-4-3-8-21-13-14/h3-4,6-8,12-13,17H,1-2,5,9-11H2/t17-/m0/s1. The third-order valence-corrected chi connectivity index (χ3v) is 4.74. The van der Waals surface area contributed by atoms with E-state index in [0.717, 1.165) is 13.1 Å². The first kappa shape index (κ1) is 16.6. The van der Waals surface area contributed by atoms with E-state index in [9.17, 15) is 0 Å². The van der Waals surface area contributed by atoms with Gasteiger partial charge in [0.2, 0.25) is 0 Å². The highest BCUT2D eigenvalue weighted by molar-refractivity contribution is 6.35. The van der Waals surface area contributed by atoms with E-state index in [1.54, 1.807) is 12.1 Å². The molecule has 23 heavy (non-hydrogen) atoms. The van der Waals surface area contributed by atoms with Crippen molar-refractivity contribution in [3.8, 4) is 5.75 Å². The normalized spacial score (nSPS) is 18.8. The second-order valence-corrected chi connectivity index (χ2v) is 6.60. The average molecular weight is 351 g/mol. The van der Waals surface area contributed by atoms with E-state index >= 15 is 0 Å². The lowest BCUT2D eigenvalue weighted by Crippen LogP contribution is -2.36. The van der Waals surface area contributed by atoms with Crippen LogP contribution < -0.4 is 4.74 Å². The molecule has 0 aliphatic carbocycles. The molecule has 3 rings (SSSR count). The van der Waals surface area contributed by atoms with Crippen molar-refractivity contribution >= 4 is 23.2 Å². The zero-order valence-corrected chi connectivity index (χ0v) is 14.4. The second-order valence-electron chi connectivity index (χ2n) is 5.76. The first-order valence-corrected chi connectivity index (χ1v) is 8.71. The van der Waals surface area contributed by atoms with Gasteiger partial charge in [0.25, 0.3) is 0 Å². The van der Waals surface area contributed by atoms with Crippen LogP contribution >= 0.6 is 23.2 Å². The molecule has 0 amide bonds. The van der Waals surface area contributed by atoms with Crippen molar-refractivity contribution in [2.45, 2.75) is 25.3 Å². The summed E-state index contributed by atoms with van der Waals surface area (Å²) in [5.41, 5.74) is 1.29. The van der Waals surface area contributed by atoms with Crippen LogP contribution in [0.2, 0.25) is 10.0 Å². The third kappa shape index (κ3) is 4.37. The number of pyridine rings is 1. The fourth-order valence-electron chi connectivity index (χ4n) is 3.07. The molecule has 1 aliphatic rings. The summed E-state index contributed by atoms with van der Waals surface area (Å²) in [7, 11) is 0. The van der Waals surface area contributed by atoms with Gasteiger partial charge >= 0.3 is 0 Å². The lowest BCUT2D eigenvalue weighted by atomic mass is 9.96. The highest BCUT2D eigenvalue weighted by atomic mass is 35.5. The molecule has 0 radical (unpaired) electrons.